The number of hydrogen-bond donors (Lipinski definition) is 2. The van der Waals surface area contributed by atoms with Crippen LogP contribution < -0.4 is 4.72 Å². The van der Waals surface area contributed by atoms with Crippen molar-refractivity contribution in [1.29, 1.82) is 0 Å². The van der Waals surface area contributed by atoms with E-state index in [1.54, 1.807) is 6.92 Å². The molecule has 0 spiro atoms. The predicted octanol–water partition coefficient (Wildman–Crippen LogP) is 0.952. The third kappa shape index (κ3) is 3.49. The first-order valence-corrected chi connectivity index (χ1v) is 7.19. The lowest BCUT2D eigenvalue weighted by Gasteiger charge is -2.15. The van der Waals surface area contributed by atoms with Gasteiger partial charge in [-0.25, -0.2) is 13.1 Å². The molecule has 1 rings (SSSR count). The fourth-order valence-electron chi connectivity index (χ4n) is 1.62. The zero-order chi connectivity index (χ0) is 14.6. The highest BCUT2D eigenvalue weighted by Gasteiger charge is 2.24. The van der Waals surface area contributed by atoms with Crippen LogP contribution in [0.1, 0.15) is 18.9 Å². The Kier molecular flexibility index (Phi) is 4.98. The molecule has 0 fully saturated rings. The summed E-state index contributed by atoms with van der Waals surface area (Å²) in [5, 5.41) is 19.8. The lowest BCUT2D eigenvalue weighted by Crippen LogP contribution is -2.37. The normalized spacial score (nSPS) is 13.2. The van der Waals surface area contributed by atoms with E-state index < -0.39 is 21.0 Å². The molecule has 0 amide bonds. The second kappa shape index (κ2) is 6.09. The summed E-state index contributed by atoms with van der Waals surface area (Å²) in [6, 6.07) is 3.26. The van der Waals surface area contributed by atoms with Gasteiger partial charge in [0.1, 0.15) is 0 Å². The number of nitrogens with zero attached hydrogens (tertiary/aromatic N) is 1. The van der Waals surface area contributed by atoms with E-state index in [0.717, 1.165) is 0 Å². The van der Waals surface area contributed by atoms with Crippen LogP contribution in [0.2, 0.25) is 0 Å². The molecule has 0 saturated heterocycles. The molecule has 0 radical (unpaired) electrons. The van der Waals surface area contributed by atoms with E-state index in [9.17, 15) is 18.5 Å². The van der Waals surface area contributed by atoms with Crippen LogP contribution in [0.5, 0.6) is 0 Å². The van der Waals surface area contributed by atoms with Crippen LogP contribution >= 0.6 is 0 Å². The van der Waals surface area contributed by atoms with Crippen molar-refractivity contribution in [3.63, 3.8) is 0 Å². The largest absolute Gasteiger partial charge is 0.395 e. The highest BCUT2D eigenvalue weighted by Crippen LogP contribution is 2.24. The Balaban J connectivity index is 3.22. The summed E-state index contributed by atoms with van der Waals surface area (Å²) >= 11 is 0. The van der Waals surface area contributed by atoms with Gasteiger partial charge in [0, 0.05) is 17.7 Å². The van der Waals surface area contributed by atoms with E-state index in [1.165, 1.54) is 25.1 Å². The molecule has 2 N–H and O–H groups in total. The zero-order valence-electron chi connectivity index (χ0n) is 10.7. The second-order valence-corrected chi connectivity index (χ2v) is 5.75. The Labute approximate surface area is 111 Å². The molecule has 0 unspecified atom stereocenters. The van der Waals surface area contributed by atoms with Crippen LogP contribution in [-0.2, 0) is 10.0 Å². The third-order valence-corrected chi connectivity index (χ3v) is 4.44. The molecule has 106 valence electrons. The van der Waals surface area contributed by atoms with Crippen LogP contribution in [-0.4, -0.2) is 31.1 Å². The molecular weight excluding hydrogens is 272 g/mol. The van der Waals surface area contributed by atoms with Gasteiger partial charge in [-0.1, -0.05) is 13.0 Å². The van der Waals surface area contributed by atoms with Gasteiger partial charge in [-0.3, -0.25) is 10.1 Å². The number of nitro groups is 1. The number of sulfonamides is 1. The molecule has 19 heavy (non-hydrogen) atoms. The maximum absolute atomic E-state index is 12.1. The molecular formula is C11H16N2O5S. The molecule has 7 nitrogen and oxygen atoms in total. The SMILES string of the molecule is CC[C@@H](CO)NS(=O)(=O)c1cccc([N+](=O)[O-])c1C. The van der Waals surface area contributed by atoms with E-state index in [4.69, 9.17) is 5.11 Å². The quantitative estimate of drug-likeness (QED) is 0.598. The summed E-state index contributed by atoms with van der Waals surface area (Å²) in [6.45, 7) is 2.78. The highest BCUT2D eigenvalue weighted by atomic mass is 32.2. The molecule has 0 heterocycles. The molecule has 1 aromatic carbocycles. The standard InChI is InChI=1S/C11H16N2O5S/c1-3-9(7-14)12-19(17,18)11-6-4-5-10(8(11)2)13(15)16/h4-6,9,12,14H,3,7H2,1-2H3/t9-/m0/s1. The van der Waals surface area contributed by atoms with Gasteiger partial charge < -0.3 is 5.11 Å². The van der Waals surface area contributed by atoms with E-state index in [1.807, 2.05) is 0 Å². The minimum absolute atomic E-state index is 0.0767. The number of nitro benzene ring substituents is 1. The van der Waals surface area contributed by atoms with Gasteiger partial charge in [0.25, 0.3) is 5.69 Å². The van der Waals surface area contributed by atoms with Crippen molar-refractivity contribution in [3.8, 4) is 0 Å². The number of hydrogen-bond acceptors (Lipinski definition) is 5. The van der Waals surface area contributed by atoms with Gasteiger partial charge in [-0.2, -0.15) is 0 Å². The number of rotatable bonds is 6. The van der Waals surface area contributed by atoms with E-state index in [-0.39, 0.29) is 22.8 Å². The summed E-state index contributed by atoms with van der Waals surface area (Å²) in [6.07, 6.45) is 0.420. The van der Waals surface area contributed by atoms with Crippen molar-refractivity contribution in [2.45, 2.75) is 31.2 Å². The maximum Gasteiger partial charge on any atom is 0.273 e. The Morgan fingerprint density at radius 2 is 2.11 bits per heavy atom. The smallest absolute Gasteiger partial charge is 0.273 e. The molecule has 0 aliphatic heterocycles. The van der Waals surface area contributed by atoms with E-state index in [0.29, 0.717) is 6.42 Å². The first kappa shape index (κ1) is 15.5. The van der Waals surface area contributed by atoms with Crippen molar-refractivity contribution in [3.05, 3.63) is 33.9 Å². The molecule has 0 aliphatic rings. The fraction of sp³-hybridized carbons (Fsp3) is 0.455. The monoisotopic (exact) mass is 288 g/mol. The molecule has 0 saturated carbocycles. The van der Waals surface area contributed by atoms with Gasteiger partial charge in [-0.05, 0) is 19.4 Å². The lowest BCUT2D eigenvalue weighted by atomic mass is 10.2. The Morgan fingerprint density at radius 1 is 1.47 bits per heavy atom. The van der Waals surface area contributed by atoms with Gasteiger partial charge >= 0.3 is 0 Å². The Bertz CT molecular complexity index is 566. The van der Waals surface area contributed by atoms with Crippen LogP contribution in [0.15, 0.2) is 23.1 Å². The second-order valence-electron chi connectivity index (χ2n) is 4.07. The maximum atomic E-state index is 12.1. The van der Waals surface area contributed by atoms with Crippen molar-refractivity contribution < 1.29 is 18.4 Å². The van der Waals surface area contributed by atoms with Gasteiger partial charge in [0.2, 0.25) is 10.0 Å². The number of aliphatic hydroxyl groups is 1. The minimum atomic E-state index is -3.88. The summed E-state index contributed by atoms with van der Waals surface area (Å²) < 4.78 is 26.5. The molecule has 0 bridgehead atoms. The van der Waals surface area contributed by atoms with Gasteiger partial charge in [-0.15, -0.1) is 0 Å². The number of aliphatic hydroxyl groups excluding tert-OH is 1. The first-order valence-electron chi connectivity index (χ1n) is 5.70. The van der Waals surface area contributed by atoms with Gasteiger partial charge in [0.15, 0.2) is 0 Å². The Hall–Kier alpha value is -1.51. The first-order chi connectivity index (χ1) is 8.83. The molecule has 0 aliphatic carbocycles. The summed E-state index contributed by atoms with van der Waals surface area (Å²) in [4.78, 5) is 10.0. The van der Waals surface area contributed by atoms with Crippen molar-refractivity contribution in [1.82, 2.24) is 4.72 Å². The highest BCUT2D eigenvalue weighted by molar-refractivity contribution is 7.89. The van der Waals surface area contributed by atoms with E-state index in [2.05, 4.69) is 4.72 Å². The van der Waals surface area contributed by atoms with E-state index >= 15 is 0 Å². The number of nitrogens with one attached hydrogen (secondary N) is 1. The number of benzene rings is 1. The average molecular weight is 288 g/mol. The van der Waals surface area contributed by atoms with Crippen LogP contribution in [0.25, 0.3) is 0 Å². The minimum Gasteiger partial charge on any atom is -0.395 e. The summed E-state index contributed by atoms with van der Waals surface area (Å²) in [7, 11) is -3.88. The predicted molar refractivity (Wildman–Crippen MR) is 69.3 cm³/mol. The van der Waals surface area contributed by atoms with Crippen molar-refractivity contribution >= 4 is 15.7 Å². The topological polar surface area (TPSA) is 110 Å². The van der Waals surface area contributed by atoms with Crippen LogP contribution in [0.3, 0.4) is 0 Å². The fourth-order valence-corrected chi connectivity index (χ4v) is 3.20. The van der Waals surface area contributed by atoms with Crippen LogP contribution in [0, 0.1) is 17.0 Å². The molecule has 8 heteroatoms. The zero-order valence-corrected chi connectivity index (χ0v) is 11.5. The Morgan fingerprint density at radius 3 is 2.58 bits per heavy atom. The molecule has 1 aromatic rings. The molecule has 0 aromatic heterocycles. The third-order valence-electron chi connectivity index (χ3n) is 2.78. The average Bonchev–Trinajstić information content (AvgIpc) is 2.35. The molecule has 1 atom stereocenters. The van der Waals surface area contributed by atoms with Crippen molar-refractivity contribution in [2.24, 2.45) is 0 Å². The van der Waals surface area contributed by atoms with Gasteiger partial charge in [0.05, 0.1) is 16.4 Å². The summed E-state index contributed by atoms with van der Waals surface area (Å²) in [5.41, 5.74) is -0.173. The van der Waals surface area contributed by atoms with Crippen molar-refractivity contribution in [2.75, 3.05) is 6.61 Å². The lowest BCUT2D eigenvalue weighted by molar-refractivity contribution is -0.385. The summed E-state index contributed by atoms with van der Waals surface area (Å²) in [5.74, 6) is 0. The van der Waals surface area contributed by atoms with Crippen LogP contribution in [0.4, 0.5) is 5.69 Å².